The number of halogens is 2. The molecule has 0 aromatic heterocycles. The van der Waals surface area contributed by atoms with E-state index in [1.807, 2.05) is 6.07 Å². The summed E-state index contributed by atoms with van der Waals surface area (Å²) in [5.74, 6) is 0.576. The standard InChI is InChI=1S/C14H20Cl2N2O/c1-10-9-11(17)5-6-18(10)7-8-19-14-12(15)3-2-4-13(14)16/h2-4,10-11H,5-9,17H2,1H3. The maximum absolute atomic E-state index is 6.06. The maximum atomic E-state index is 6.06. The lowest BCUT2D eigenvalue weighted by atomic mass is 9.99. The lowest BCUT2D eigenvalue weighted by molar-refractivity contribution is 0.123. The molecule has 0 amide bonds. The largest absolute Gasteiger partial charge is 0.489 e. The van der Waals surface area contributed by atoms with Crippen molar-refractivity contribution in [3.63, 3.8) is 0 Å². The normalized spacial score (nSPS) is 24.4. The van der Waals surface area contributed by atoms with Crippen LogP contribution in [0.15, 0.2) is 18.2 Å². The molecule has 1 heterocycles. The zero-order valence-electron chi connectivity index (χ0n) is 11.1. The van der Waals surface area contributed by atoms with Gasteiger partial charge in [-0.1, -0.05) is 29.3 Å². The van der Waals surface area contributed by atoms with Crippen LogP contribution in [0.4, 0.5) is 0 Å². The SMILES string of the molecule is CC1CC(N)CCN1CCOc1c(Cl)cccc1Cl. The lowest BCUT2D eigenvalue weighted by Gasteiger charge is -2.36. The topological polar surface area (TPSA) is 38.5 Å². The number of nitrogens with zero attached hydrogens (tertiary/aromatic N) is 1. The van der Waals surface area contributed by atoms with Crippen LogP contribution in [0.1, 0.15) is 19.8 Å². The van der Waals surface area contributed by atoms with Gasteiger partial charge in [0.15, 0.2) is 5.75 Å². The Morgan fingerprint density at radius 1 is 1.37 bits per heavy atom. The third kappa shape index (κ3) is 3.99. The van der Waals surface area contributed by atoms with Gasteiger partial charge in [-0.05, 0) is 31.9 Å². The summed E-state index contributed by atoms with van der Waals surface area (Å²) in [6.45, 7) is 4.70. The lowest BCUT2D eigenvalue weighted by Crippen LogP contribution is -2.46. The van der Waals surface area contributed by atoms with Crippen LogP contribution < -0.4 is 10.5 Å². The summed E-state index contributed by atoms with van der Waals surface area (Å²) >= 11 is 12.1. The van der Waals surface area contributed by atoms with E-state index in [4.69, 9.17) is 33.7 Å². The van der Waals surface area contributed by atoms with Crippen LogP contribution in [-0.2, 0) is 0 Å². The van der Waals surface area contributed by atoms with Crippen molar-refractivity contribution in [3.8, 4) is 5.75 Å². The monoisotopic (exact) mass is 302 g/mol. The molecule has 5 heteroatoms. The Morgan fingerprint density at radius 2 is 2.05 bits per heavy atom. The summed E-state index contributed by atoms with van der Waals surface area (Å²) < 4.78 is 5.71. The quantitative estimate of drug-likeness (QED) is 0.928. The minimum atomic E-state index is 0.338. The fourth-order valence-corrected chi connectivity index (χ4v) is 2.98. The van der Waals surface area contributed by atoms with Crippen LogP contribution in [0.2, 0.25) is 10.0 Å². The molecule has 2 unspecified atom stereocenters. The van der Waals surface area contributed by atoms with Gasteiger partial charge in [0.2, 0.25) is 0 Å². The fourth-order valence-electron chi connectivity index (χ4n) is 2.47. The summed E-state index contributed by atoms with van der Waals surface area (Å²) in [6, 6.07) is 6.22. The molecule has 0 bridgehead atoms. The Kier molecular flexibility index (Phi) is 5.34. The molecule has 1 fully saturated rings. The molecular formula is C14H20Cl2N2O. The van der Waals surface area contributed by atoms with E-state index in [0.29, 0.717) is 34.5 Å². The summed E-state index contributed by atoms with van der Waals surface area (Å²) in [5.41, 5.74) is 5.95. The molecule has 0 saturated carbocycles. The van der Waals surface area contributed by atoms with E-state index in [-0.39, 0.29) is 0 Å². The molecule has 1 aliphatic heterocycles. The molecule has 2 atom stereocenters. The van der Waals surface area contributed by atoms with Crippen molar-refractivity contribution in [2.45, 2.75) is 31.8 Å². The van der Waals surface area contributed by atoms with Crippen molar-refractivity contribution in [1.29, 1.82) is 0 Å². The maximum Gasteiger partial charge on any atom is 0.156 e. The molecule has 106 valence electrons. The van der Waals surface area contributed by atoms with Crippen molar-refractivity contribution in [2.75, 3.05) is 19.7 Å². The Labute approximate surface area is 124 Å². The van der Waals surface area contributed by atoms with Gasteiger partial charge in [0, 0.05) is 25.2 Å². The summed E-state index contributed by atoms with van der Waals surface area (Å²) in [4.78, 5) is 2.40. The van der Waals surface area contributed by atoms with Crippen molar-refractivity contribution in [3.05, 3.63) is 28.2 Å². The molecular weight excluding hydrogens is 283 g/mol. The second-order valence-electron chi connectivity index (χ2n) is 5.07. The van der Waals surface area contributed by atoms with E-state index < -0.39 is 0 Å². The Balaban J connectivity index is 1.83. The molecule has 3 nitrogen and oxygen atoms in total. The van der Waals surface area contributed by atoms with Gasteiger partial charge in [-0.25, -0.2) is 0 Å². The average Bonchev–Trinajstić information content (AvgIpc) is 2.35. The van der Waals surface area contributed by atoms with Gasteiger partial charge in [0.25, 0.3) is 0 Å². The summed E-state index contributed by atoms with van der Waals surface area (Å²) in [5, 5.41) is 1.11. The van der Waals surface area contributed by atoms with Crippen LogP contribution in [0.5, 0.6) is 5.75 Å². The van der Waals surface area contributed by atoms with Crippen LogP contribution in [0, 0.1) is 0 Å². The number of nitrogens with two attached hydrogens (primary N) is 1. The van der Waals surface area contributed by atoms with Gasteiger partial charge in [0.1, 0.15) is 6.61 Å². The second kappa shape index (κ2) is 6.80. The fraction of sp³-hybridized carbons (Fsp3) is 0.571. The zero-order valence-corrected chi connectivity index (χ0v) is 12.6. The molecule has 0 radical (unpaired) electrons. The van der Waals surface area contributed by atoms with Crippen molar-refractivity contribution < 1.29 is 4.74 Å². The molecule has 1 aromatic carbocycles. The first-order valence-corrected chi connectivity index (χ1v) is 7.40. The summed E-state index contributed by atoms with van der Waals surface area (Å²) in [7, 11) is 0. The van der Waals surface area contributed by atoms with Gasteiger partial charge in [-0.3, -0.25) is 4.90 Å². The Hall–Kier alpha value is -0.480. The molecule has 1 aliphatic rings. The van der Waals surface area contributed by atoms with Gasteiger partial charge < -0.3 is 10.5 Å². The molecule has 2 N–H and O–H groups in total. The highest BCUT2D eigenvalue weighted by Gasteiger charge is 2.22. The molecule has 1 aromatic rings. The van der Waals surface area contributed by atoms with Gasteiger partial charge in [-0.2, -0.15) is 0 Å². The van der Waals surface area contributed by atoms with E-state index >= 15 is 0 Å². The van der Waals surface area contributed by atoms with Crippen molar-refractivity contribution in [1.82, 2.24) is 4.90 Å². The average molecular weight is 303 g/mol. The zero-order chi connectivity index (χ0) is 13.8. The Morgan fingerprint density at radius 3 is 2.68 bits per heavy atom. The van der Waals surface area contributed by atoms with Gasteiger partial charge in [-0.15, -0.1) is 0 Å². The molecule has 1 saturated heterocycles. The van der Waals surface area contributed by atoms with Gasteiger partial charge >= 0.3 is 0 Å². The minimum Gasteiger partial charge on any atom is -0.489 e. The predicted octanol–water partition coefficient (Wildman–Crippen LogP) is 3.18. The van der Waals surface area contributed by atoms with Crippen molar-refractivity contribution >= 4 is 23.2 Å². The highest BCUT2D eigenvalue weighted by Crippen LogP contribution is 2.32. The first-order chi connectivity index (χ1) is 9.08. The van der Waals surface area contributed by atoms with E-state index in [1.165, 1.54) is 0 Å². The number of piperidine rings is 1. The minimum absolute atomic E-state index is 0.338. The number of rotatable bonds is 4. The number of hydrogen-bond acceptors (Lipinski definition) is 3. The van der Waals surface area contributed by atoms with E-state index in [0.717, 1.165) is 25.9 Å². The third-order valence-electron chi connectivity index (χ3n) is 3.60. The number of hydrogen-bond donors (Lipinski definition) is 1. The second-order valence-corrected chi connectivity index (χ2v) is 5.88. The van der Waals surface area contributed by atoms with Crippen molar-refractivity contribution in [2.24, 2.45) is 5.73 Å². The molecule has 0 spiro atoms. The van der Waals surface area contributed by atoms with E-state index in [2.05, 4.69) is 11.8 Å². The Bertz CT molecular complexity index is 408. The molecule has 0 aliphatic carbocycles. The number of benzene rings is 1. The smallest absolute Gasteiger partial charge is 0.156 e. The summed E-state index contributed by atoms with van der Waals surface area (Å²) in [6.07, 6.45) is 2.10. The number of likely N-dealkylation sites (tertiary alicyclic amines) is 1. The number of ether oxygens (including phenoxy) is 1. The van der Waals surface area contributed by atoms with Crippen LogP contribution in [0.3, 0.4) is 0 Å². The highest BCUT2D eigenvalue weighted by molar-refractivity contribution is 6.37. The third-order valence-corrected chi connectivity index (χ3v) is 4.19. The van der Waals surface area contributed by atoms with Crippen LogP contribution in [0.25, 0.3) is 0 Å². The first kappa shape index (κ1) is 14.9. The highest BCUT2D eigenvalue weighted by atomic mass is 35.5. The van der Waals surface area contributed by atoms with E-state index in [9.17, 15) is 0 Å². The molecule has 19 heavy (non-hydrogen) atoms. The van der Waals surface area contributed by atoms with Crippen LogP contribution in [-0.4, -0.2) is 36.7 Å². The molecule has 2 rings (SSSR count). The predicted molar refractivity (Wildman–Crippen MR) is 80.2 cm³/mol. The van der Waals surface area contributed by atoms with E-state index in [1.54, 1.807) is 12.1 Å². The van der Waals surface area contributed by atoms with Crippen LogP contribution >= 0.6 is 23.2 Å². The van der Waals surface area contributed by atoms with Gasteiger partial charge in [0.05, 0.1) is 10.0 Å². The first-order valence-electron chi connectivity index (χ1n) is 6.64. The number of para-hydroxylation sites is 1.